The summed E-state index contributed by atoms with van der Waals surface area (Å²) in [5, 5.41) is 1.49. The highest BCUT2D eigenvalue weighted by Crippen LogP contribution is 2.32. The SMILES string of the molecule is COC(=O)C1CCN([C@@H]2CS(=O)(=O)C[C@H]2S(=O)(=O)c2ccc(NC(C)=O)cc2)CC1. The molecule has 11 heteroatoms. The molecule has 1 amide bonds. The average molecular weight is 459 g/mol. The van der Waals surface area contributed by atoms with Gasteiger partial charge in [0.05, 0.1) is 34.7 Å². The van der Waals surface area contributed by atoms with Crippen LogP contribution in [0.25, 0.3) is 0 Å². The molecule has 2 heterocycles. The monoisotopic (exact) mass is 458 g/mol. The van der Waals surface area contributed by atoms with E-state index >= 15 is 0 Å². The van der Waals surface area contributed by atoms with E-state index in [1.807, 2.05) is 4.90 Å². The highest BCUT2D eigenvalue weighted by Gasteiger charge is 2.49. The maximum atomic E-state index is 13.3. The van der Waals surface area contributed by atoms with Crippen LogP contribution in [0.2, 0.25) is 0 Å². The van der Waals surface area contributed by atoms with Crippen LogP contribution in [-0.2, 0) is 34.0 Å². The molecular formula is C19H26N2O7S2. The first-order chi connectivity index (χ1) is 14.0. The van der Waals surface area contributed by atoms with Crippen molar-refractivity contribution in [2.24, 2.45) is 5.92 Å². The Bertz CT molecular complexity index is 1010. The van der Waals surface area contributed by atoms with E-state index in [1.165, 1.54) is 38.3 Å². The van der Waals surface area contributed by atoms with E-state index in [2.05, 4.69) is 5.32 Å². The predicted octanol–water partition coefficient (Wildman–Crippen LogP) is 0.469. The Morgan fingerprint density at radius 2 is 1.70 bits per heavy atom. The molecule has 0 saturated carbocycles. The van der Waals surface area contributed by atoms with Crippen molar-refractivity contribution in [1.29, 1.82) is 0 Å². The summed E-state index contributed by atoms with van der Waals surface area (Å²) in [6.07, 6.45) is 1.00. The lowest BCUT2D eigenvalue weighted by molar-refractivity contribution is -0.147. The van der Waals surface area contributed by atoms with Gasteiger partial charge in [-0.05, 0) is 50.2 Å². The maximum Gasteiger partial charge on any atom is 0.308 e. The zero-order valence-electron chi connectivity index (χ0n) is 16.9. The first kappa shape index (κ1) is 22.7. The predicted molar refractivity (Wildman–Crippen MR) is 110 cm³/mol. The number of carbonyl (C=O) groups excluding carboxylic acids is 2. The molecule has 1 N–H and O–H groups in total. The minimum atomic E-state index is -3.91. The van der Waals surface area contributed by atoms with Crippen molar-refractivity contribution >= 4 is 37.2 Å². The van der Waals surface area contributed by atoms with E-state index < -0.39 is 36.7 Å². The standard InChI is InChI=1S/C19H26N2O7S2/c1-13(22)20-15-3-5-16(6-4-15)30(26,27)18-12-29(24,25)11-17(18)21-9-7-14(8-10-21)19(23)28-2/h3-6,14,17-18H,7-12H2,1-2H3,(H,20,22)/t17-,18-/m1/s1. The first-order valence-corrected chi connectivity index (χ1v) is 13.0. The number of anilines is 1. The minimum Gasteiger partial charge on any atom is -0.469 e. The third-order valence-electron chi connectivity index (χ3n) is 5.71. The largest absolute Gasteiger partial charge is 0.469 e. The number of benzene rings is 1. The zero-order valence-corrected chi connectivity index (χ0v) is 18.5. The number of piperidine rings is 1. The van der Waals surface area contributed by atoms with Crippen LogP contribution in [0.15, 0.2) is 29.2 Å². The van der Waals surface area contributed by atoms with E-state index in [4.69, 9.17) is 4.74 Å². The van der Waals surface area contributed by atoms with E-state index in [9.17, 15) is 26.4 Å². The molecule has 2 atom stereocenters. The van der Waals surface area contributed by atoms with Crippen LogP contribution in [0, 0.1) is 5.92 Å². The van der Waals surface area contributed by atoms with E-state index in [0.29, 0.717) is 31.6 Å². The fraction of sp³-hybridized carbons (Fsp3) is 0.579. The molecule has 0 radical (unpaired) electrons. The summed E-state index contributed by atoms with van der Waals surface area (Å²) in [6.45, 7) is 2.23. The summed E-state index contributed by atoms with van der Waals surface area (Å²) < 4.78 is 56.0. The third kappa shape index (κ3) is 4.84. The molecule has 1 aromatic carbocycles. The Kier molecular flexibility index (Phi) is 6.54. The number of ether oxygens (including phenoxy) is 1. The second kappa shape index (κ2) is 8.64. The minimum absolute atomic E-state index is 0.0214. The number of nitrogens with zero attached hydrogens (tertiary/aromatic N) is 1. The van der Waals surface area contributed by atoms with Gasteiger partial charge in [0.25, 0.3) is 0 Å². The van der Waals surface area contributed by atoms with Crippen LogP contribution in [-0.4, -0.2) is 76.6 Å². The number of rotatable bonds is 5. The van der Waals surface area contributed by atoms with Crippen molar-refractivity contribution in [3.8, 4) is 0 Å². The number of hydrogen-bond donors (Lipinski definition) is 1. The number of sulfone groups is 2. The van der Waals surface area contributed by atoms with Crippen LogP contribution < -0.4 is 5.32 Å². The topological polar surface area (TPSA) is 127 Å². The molecule has 3 rings (SSSR count). The van der Waals surface area contributed by atoms with Gasteiger partial charge in [-0.1, -0.05) is 0 Å². The maximum absolute atomic E-state index is 13.3. The molecule has 1 aromatic rings. The molecule has 0 spiro atoms. The molecule has 2 aliphatic rings. The number of amides is 1. The highest BCUT2D eigenvalue weighted by molar-refractivity contribution is 7.96. The van der Waals surface area contributed by atoms with Gasteiger partial charge in [0.15, 0.2) is 19.7 Å². The summed E-state index contributed by atoms with van der Waals surface area (Å²) in [5.74, 6) is -1.46. The second-order valence-corrected chi connectivity index (χ2v) is 12.1. The molecule has 30 heavy (non-hydrogen) atoms. The van der Waals surface area contributed by atoms with Gasteiger partial charge in [0.1, 0.15) is 0 Å². The van der Waals surface area contributed by atoms with Gasteiger partial charge in [-0.15, -0.1) is 0 Å². The van der Waals surface area contributed by atoms with Gasteiger partial charge in [0.2, 0.25) is 5.91 Å². The molecule has 2 aliphatic heterocycles. The number of esters is 1. The van der Waals surface area contributed by atoms with Gasteiger partial charge in [-0.3, -0.25) is 14.5 Å². The normalized spacial score (nSPS) is 25.0. The highest BCUT2D eigenvalue weighted by atomic mass is 32.2. The lowest BCUT2D eigenvalue weighted by atomic mass is 9.95. The summed E-state index contributed by atoms with van der Waals surface area (Å²) in [7, 11) is -6.09. The Morgan fingerprint density at radius 3 is 2.23 bits per heavy atom. The molecule has 0 bridgehead atoms. The van der Waals surface area contributed by atoms with Gasteiger partial charge < -0.3 is 10.1 Å². The lowest BCUT2D eigenvalue weighted by Gasteiger charge is -2.36. The van der Waals surface area contributed by atoms with Gasteiger partial charge in [-0.25, -0.2) is 16.8 Å². The Labute approximate surface area is 176 Å². The Hall–Kier alpha value is -1.98. The molecule has 0 aromatic heterocycles. The zero-order chi connectivity index (χ0) is 22.1. The van der Waals surface area contributed by atoms with Crippen LogP contribution in [0.3, 0.4) is 0 Å². The van der Waals surface area contributed by atoms with Gasteiger partial charge in [0, 0.05) is 18.7 Å². The number of carbonyl (C=O) groups is 2. The van der Waals surface area contributed by atoms with Crippen LogP contribution in [0.1, 0.15) is 19.8 Å². The Morgan fingerprint density at radius 1 is 1.10 bits per heavy atom. The van der Waals surface area contributed by atoms with E-state index in [0.717, 1.165) is 0 Å². The number of likely N-dealkylation sites (tertiary alicyclic amines) is 1. The average Bonchev–Trinajstić information content (AvgIpc) is 3.04. The van der Waals surface area contributed by atoms with Gasteiger partial charge in [-0.2, -0.15) is 0 Å². The number of hydrogen-bond acceptors (Lipinski definition) is 8. The quantitative estimate of drug-likeness (QED) is 0.631. The lowest BCUT2D eigenvalue weighted by Crippen LogP contribution is -2.50. The van der Waals surface area contributed by atoms with E-state index in [-0.39, 0.29) is 28.4 Å². The summed E-state index contributed by atoms with van der Waals surface area (Å²) in [6, 6.07) is 5.06. The summed E-state index contributed by atoms with van der Waals surface area (Å²) >= 11 is 0. The van der Waals surface area contributed by atoms with E-state index in [1.54, 1.807) is 0 Å². The van der Waals surface area contributed by atoms with Crippen LogP contribution in [0.4, 0.5) is 5.69 Å². The molecule has 2 fully saturated rings. The van der Waals surface area contributed by atoms with Crippen molar-refractivity contribution in [3.63, 3.8) is 0 Å². The first-order valence-electron chi connectivity index (χ1n) is 9.67. The second-order valence-electron chi connectivity index (χ2n) is 7.77. The molecule has 0 aliphatic carbocycles. The fourth-order valence-corrected chi connectivity index (χ4v) is 9.00. The Balaban J connectivity index is 1.82. The molecule has 166 valence electrons. The molecule has 0 unspecified atom stereocenters. The fourth-order valence-electron chi connectivity index (χ4n) is 4.17. The number of methoxy groups -OCH3 is 1. The number of nitrogens with one attached hydrogen (secondary N) is 1. The van der Waals surface area contributed by atoms with Crippen molar-refractivity contribution in [2.45, 2.75) is 36.0 Å². The summed E-state index contributed by atoms with van der Waals surface area (Å²) in [5.41, 5.74) is 0.460. The summed E-state index contributed by atoms with van der Waals surface area (Å²) in [4.78, 5) is 24.8. The van der Waals surface area contributed by atoms with Crippen LogP contribution >= 0.6 is 0 Å². The van der Waals surface area contributed by atoms with Crippen LogP contribution in [0.5, 0.6) is 0 Å². The molecule has 2 saturated heterocycles. The van der Waals surface area contributed by atoms with Crippen molar-refractivity contribution in [3.05, 3.63) is 24.3 Å². The molecule has 9 nitrogen and oxygen atoms in total. The van der Waals surface area contributed by atoms with Crippen molar-refractivity contribution < 1.29 is 31.2 Å². The van der Waals surface area contributed by atoms with Gasteiger partial charge >= 0.3 is 5.97 Å². The third-order valence-corrected chi connectivity index (χ3v) is 9.84. The van der Waals surface area contributed by atoms with Crippen molar-refractivity contribution in [2.75, 3.05) is 37.0 Å². The molecular weight excluding hydrogens is 432 g/mol. The van der Waals surface area contributed by atoms with Crippen molar-refractivity contribution in [1.82, 2.24) is 4.90 Å². The smallest absolute Gasteiger partial charge is 0.308 e.